The third-order valence-corrected chi connectivity index (χ3v) is 5.48. The maximum atomic E-state index is 13.0. The van der Waals surface area contributed by atoms with Crippen LogP contribution in [0, 0.1) is 11.3 Å². The molecule has 24 heavy (non-hydrogen) atoms. The van der Waals surface area contributed by atoms with Crippen LogP contribution in [-0.2, 0) is 16.0 Å². The molecule has 1 aromatic rings. The average molecular weight is 353 g/mol. The van der Waals surface area contributed by atoms with Gasteiger partial charge in [0.1, 0.15) is 0 Å². The lowest BCUT2D eigenvalue weighted by Crippen LogP contribution is -2.39. The molecule has 1 saturated carbocycles. The molecule has 3 rings (SSSR count). The molecule has 1 aliphatic heterocycles. The van der Waals surface area contributed by atoms with Crippen molar-refractivity contribution in [1.82, 2.24) is 10.2 Å². The molecule has 1 amide bonds. The van der Waals surface area contributed by atoms with Gasteiger partial charge in [-0.05, 0) is 49.8 Å². The monoisotopic (exact) mass is 352 g/mol. The maximum absolute atomic E-state index is 13.0. The van der Waals surface area contributed by atoms with Gasteiger partial charge in [0.05, 0.1) is 6.61 Å². The van der Waals surface area contributed by atoms with Gasteiger partial charge in [-0.2, -0.15) is 0 Å². The van der Waals surface area contributed by atoms with Crippen molar-refractivity contribution in [2.75, 3.05) is 39.9 Å². The summed E-state index contributed by atoms with van der Waals surface area (Å²) in [5.41, 5.74) is 1.59. The van der Waals surface area contributed by atoms with E-state index >= 15 is 0 Å². The molecule has 134 valence electrons. The van der Waals surface area contributed by atoms with Crippen molar-refractivity contribution < 1.29 is 9.53 Å². The zero-order valence-electron chi connectivity index (χ0n) is 14.5. The summed E-state index contributed by atoms with van der Waals surface area (Å²) in [5.74, 6) is 0.595. The van der Waals surface area contributed by atoms with Crippen LogP contribution in [0.3, 0.4) is 0 Å². The van der Waals surface area contributed by atoms with E-state index in [2.05, 4.69) is 29.6 Å². The van der Waals surface area contributed by atoms with E-state index in [0.717, 1.165) is 45.3 Å². The van der Waals surface area contributed by atoms with Crippen molar-refractivity contribution in [3.8, 4) is 0 Å². The Morgan fingerprint density at radius 1 is 1.25 bits per heavy atom. The predicted molar refractivity (Wildman–Crippen MR) is 98.5 cm³/mol. The Balaban J connectivity index is 0.00000208. The molecule has 0 radical (unpaired) electrons. The van der Waals surface area contributed by atoms with E-state index in [0.29, 0.717) is 24.5 Å². The Bertz CT molecular complexity index is 517. The van der Waals surface area contributed by atoms with Gasteiger partial charge in [-0.25, -0.2) is 0 Å². The maximum Gasteiger partial charge on any atom is 0.226 e. The fourth-order valence-electron chi connectivity index (χ4n) is 3.84. The van der Waals surface area contributed by atoms with Crippen LogP contribution in [0.4, 0.5) is 0 Å². The number of hydrogen-bond acceptors (Lipinski definition) is 3. The molecule has 4 nitrogen and oxygen atoms in total. The van der Waals surface area contributed by atoms with E-state index in [9.17, 15) is 4.79 Å². The largest absolute Gasteiger partial charge is 0.383 e. The second kappa shape index (κ2) is 8.84. The van der Waals surface area contributed by atoms with E-state index < -0.39 is 0 Å². The highest BCUT2D eigenvalue weighted by molar-refractivity contribution is 5.85. The van der Waals surface area contributed by atoms with Crippen LogP contribution in [0.5, 0.6) is 0 Å². The van der Waals surface area contributed by atoms with E-state index in [4.69, 9.17) is 4.74 Å². The highest BCUT2D eigenvalue weighted by Crippen LogP contribution is 2.59. The topological polar surface area (TPSA) is 41.6 Å². The molecule has 1 saturated heterocycles. The highest BCUT2D eigenvalue weighted by Gasteiger charge is 2.58. The summed E-state index contributed by atoms with van der Waals surface area (Å²) in [4.78, 5) is 15.0. The molecule has 1 unspecified atom stereocenters. The summed E-state index contributed by atoms with van der Waals surface area (Å²) in [6.07, 6.45) is 4.31. The number of amides is 1. The van der Waals surface area contributed by atoms with Crippen LogP contribution in [0.1, 0.15) is 24.8 Å². The second-order valence-electron chi connectivity index (χ2n) is 6.92. The lowest BCUT2D eigenvalue weighted by molar-refractivity contribution is -0.134. The zero-order chi connectivity index (χ0) is 16.1. The third-order valence-electron chi connectivity index (χ3n) is 5.48. The third kappa shape index (κ3) is 4.50. The first-order valence-corrected chi connectivity index (χ1v) is 8.77. The fraction of sp³-hybridized carbons (Fsp3) is 0.632. The summed E-state index contributed by atoms with van der Waals surface area (Å²) < 4.78 is 5.21. The molecule has 2 fully saturated rings. The van der Waals surface area contributed by atoms with Gasteiger partial charge in [-0.15, -0.1) is 12.4 Å². The number of nitrogens with one attached hydrogen (secondary N) is 1. The average Bonchev–Trinajstić information content (AvgIpc) is 3.29. The SMILES string of the molecule is COCCN(CCc1ccccc1)C(=O)C1CC12CCNCC2.Cl. The van der Waals surface area contributed by atoms with Crippen LogP contribution < -0.4 is 5.32 Å². The number of carbonyl (C=O) groups excluding carboxylic acids is 1. The minimum atomic E-state index is 0. The van der Waals surface area contributed by atoms with Gasteiger partial charge in [0.25, 0.3) is 0 Å². The normalized spacial score (nSPS) is 21.1. The quantitative estimate of drug-likeness (QED) is 0.819. The molecule has 1 heterocycles. The molecule has 1 N–H and O–H groups in total. The molecule has 5 heteroatoms. The van der Waals surface area contributed by atoms with Gasteiger partial charge in [0.2, 0.25) is 5.91 Å². The molecular weight excluding hydrogens is 324 g/mol. The van der Waals surface area contributed by atoms with Crippen molar-refractivity contribution in [2.24, 2.45) is 11.3 Å². The number of ether oxygens (including phenoxy) is 1. The number of methoxy groups -OCH3 is 1. The van der Waals surface area contributed by atoms with Crippen LogP contribution in [0.2, 0.25) is 0 Å². The highest BCUT2D eigenvalue weighted by atomic mass is 35.5. The van der Waals surface area contributed by atoms with E-state index in [1.807, 2.05) is 11.0 Å². The van der Waals surface area contributed by atoms with Gasteiger partial charge < -0.3 is 15.0 Å². The Kier molecular flexibility index (Phi) is 7.08. The van der Waals surface area contributed by atoms with Crippen molar-refractivity contribution >= 4 is 18.3 Å². The molecule has 1 aliphatic carbocycles. The Morgan fingerprint density at radius 3 is 2.62 bits per heavy atom. The zero-order valence-corrected chi connectivity index (χ0v) is 15.3. The Morgan fingerprint density at radius 2 is 1.96 bits per heavy atom. The van der Waals surface area contributed by atoms with Crippen LogP contribution in [-0.4, -0.2) is 50.7 Å². The number of carbonyl (C=O) groups is 1. The van der Waals surface area contributed by atoms with Crippen molar-refractivity contribution in [1.29, 1.82) is 0 Å². The van der Waals surface area contributed by atoms with Crippen LogP contribution in [0.25, 0.3) is 0 Å². The molecule has 1 spiro atoms. The summed E-state index contributed by atoms with van der Waals surface area (Å²) >= 11 is 0. The van der Waals surface area contributed by atoms with Gasteiger partial charge >= 0.3 is 0 Å². The van der Waals surface area contributed by atoms with Gasteiger partial charge in [-0.1, -0.05) is 30.3 Å². The summed E-state index contributed by atoms with van der Waals surface area (Å²) in [7, 11) is 1.70. The number of halogens is 1. The second-order valence-corrected chi connectivity index (χ2v) is 6.92. The number of piperidine rings is 1. The van der Waals surface area contributed by atoms with Crippen LogP contribution in [0.15, 0.2) is 30.3 Å². The minimum absolute atomic E-state index is 0. The fourth-order valence-corrected chi connectivity index (χ4v) is 3.84. The van der Waals surface area contributed by atoms with E-state index in [-0.39, 0.29) is 18.3 Å². The standard InChI is InChI=1S/C19H28N2O2.ClH/c1-23-14-13-21(12-7-16-5-3-2-4-6-16)18(22)17-15-19(17)8-10-20-11-9-19;/h2-6,17,20H,7-15H2,1H3;1H. The Labute approximate surface area is 151 Å². The van der Waals surface area contributed by atoms with Crippen molar-refractivity contribution in [3.63, 3.8) is 0 Å². The molecular formula is C19H29ClN2O2. The Hall–Kier alpha value is -1.10. The first-order chi connectivity index (χ1) is 11.2. The number of benzene rings is 1. The number of hydrogen-bond donors (Lipinski definition) is 1. The lowest BCUT2D eigenvalue weighted by atomic mass is 9.91. The molecule has 2 aliphatic rings. The molecule has 1 aromatic carbocycles. The minimum Gasteiger partial charge on any atom is -0.383 e. The lowest BCUT2D eigenvalue weighted by Gasteiger charge is -2.27. The van der Waals surface area contributed by atoms with Gasteiger partial charge in [0, 0.05) is 26.1 Å². The van der Waals surface area contributed by atoms with E-state index in [1.54, 1.807) is 7.11 Å². The van der Waals surface area contributed by atoms with E-state index in [1.165, 1.54) is 5.56 Å². The summed E-state index contributed by atoms with van der Waals surface area (Å²) in [6, 6.07) is 10.4. The first-order valence-electron chi connectivity index (χ1n) is 8.77. The predicted octanol–water partition coefficient (Wildman–Crippen LogP) is 2.52. The first kappa shape index (κ1) is 19.2. The number of rotatable bonds is 7. The summed E-state index contributed by atoms with van der Waals surface area (Å²) in [5, 5.41) is 3.41. The molecule has 0 bridgehead atoms. The van der Waals surface area contributed by atoms with Crippen molar-refractivity contribution in [3.05, 3.63) is 35.9 Å². The summed E-state index contributed by atoms with van der Waals surface area (Å²) in [6.45, 7) is 4.23. The van der Waals surface area contributed by atoms with Crippen molar-refractivity contribution in [2.45, 2.75) is 25.7 Å². The van der Waals surface area contributed by atoms with Crippen LogP contribution >= 0.6 is 12.4 Å². The molecule has 0 aromatic heterocycles. The smallest absolute Gasteiger partial charge is 0.226 e. The molecule has 1 atom stereocenters. The van der Waals surface area contributed by atoms with Gasteiger partial charge in [-0.3, -0.25) is 4.79 Å². The number of nitrogens with zero attached hydrogens (tertiary/aromatic N) is 1. The van der Waals surface area contributed by atoms with Gasteiger partial charge in [0.15, 0.2) is 0 Å².